The van der Waals surface area contributed by atoms with E-state index in [0.717, 1.165) is 4.90 Å². The first-order valence-corrected chi connectivity index (χ1v) is 5.27. The number of carboxylic acid groups (broad SMARTS) is 1. The van der Waals surface area contributed by atoms with E-state index in [1.807, 2.05) is 0 Å². The Hall–Kier alpha value is -2.71. The lowest BCUT2D eigenvalue weighted by Gasteiger charge is -2.19. The van der Waals surface area contributed by atoms with Gasteiger partial charge in [-0.05, 0) is 6.07 Å². The second kappa shape index (κ2) is 6.89. The molecular formula is C10H13N5O4. The van der Waals surface area contributed by atoms with Gasteiger partial charge in [0.2, 0.25) is 5.91 Å². The Kier molecular flexibility index (Phi) is 5.20. The number of rotatable bonds is 6. The van der Waals surface area contributed by atoms with E-state index in [2.05, 4.69) is 15.3 Å². The van der Waals surface area contributed by atoms with Crippen LogP contribution in [-0.2, 0) is 16.1 Å². The number of carbonyl (C=O) groups excluding carboxylic acids is 2. The Bertz CT molecular complexity index is 448. The maximum atomic E-state index is 11.7. The summed E-state index contributed by atoms with van der Waals surface area (Å²) in [5.74, 6) is -2.03. The highest BCUT2D eigenvalue weighted by Crippen LogP contribution is 1.94. The fraction of sp³-hybridized carbons (Fsp3) is 0.300. The molecule has 0 atom stereocenters. The molecule has 9 nitrogen and oxygen atoms in total. The van der Waals surface area contributed by atoms with Gasteiger partial charge in [0.15, 0.2) is 0 Å². The number of primary amides is 1. The molecule has 9 heteroatoms. The van der Waals surface area contributed by atoms with Crippen LogP contribution in [0.4, 0.5) is 4.79 Å². The average molecular weight is 267 g/mol. The number of nitrogens with two attached hydrogens (primary N) is 1. The van der Waals surface area contributed by atoms with Crippen LogP contribution in [0.3, 0.4) is 0 Å². The van der Waals surface area contributed by atoms with Crippen LogP contribution in [0, 0.1) is 0 Å². The third kappa shape index (κ3) is 5.44. The molecule has 0 radical (unpaired) electrons. The number of aliphatic carboxylic acids is 1. The molecule has 1 aromatic heterocycles. The monoisotopic (exact) mass is 267 g/mol. The third-order valence-electron chi connectivity index (χ3n) is 2.02. The quantitative estimate of drug-likeness (QED) is 0.576. The van der Waals surface area contributed by atoms with E-state index in [0.29, 0.717) is 5.69 Å². The zero-order valence-corrected chi connectivity index (χ0v) is 9.94. The van der Waals surface area contributed by atoms with Crippen molar-refractivity contribution < 1.29 is 19.5 Å². The Balaban J connectivity index is 2.56. The van der Waals surface area contributed by atoms with Gasteiger partial charge in [0.05, 0.1) is 12.2 Å². The number of carbonyl (C=O) groups is 3. The SMILES string of the molecule is NC(=O)CN(CC(=O)O)C(=O)NCc1ccncn1. The molecular weight excluding hydrogens is 254 g/mol. The fourth-order valence-corrected chi connectivity index (χ4v) is 1.25. The summed E-state index contributed by atoms with van der Waals surface area (Å²) in [4.78, 5) is 41.4. The van der Waals surface area contributed by atoms with Gasteiger partial charge in [-0.25, -0.2) is 14.8 Å². The van der Waals surface area contributed by atoms with E-state index in [9.17, 15) is 14.4 Å². The second-order valence-corrected chi connectivity index (χ2v) is 3.58. The number of urea groups is 1. The first kappa shape index (κ1) is 14.4. The summed E-state index contributed by atoms with van der Waals surface area (Å²) in [5.41, 5.74) is 5.49. The van der Waals surface area contributed by atoms with E-state index >= 15 is 0 Å². The van der Waals surface area contributed by atoms with E-state index in [-0.39, 0.29) is 6.54 Å². The number of hydrogen-bond donors (Lipinski definition) is 3. The first-order chi connectivity index (χ1) is 8.99. The van der Waals surface area contributed by atoms with Gasteiger partial charge < -0.3 is 21.1 Å². The normalized spacial score (nSPS) is 9.68. The van der Waals surface area contributed by atoms with Crippen molar-refractivity contribution in [1.29, 1.82) is 0 Å². The molecule has 0 unspecified atom stereocenters. The van der Waals surface area contributed by atoms with Crippen molar-refractivity contribution in [2.24, 2.45) is 5.73 Å². The van der Waals surface area contributed by atoms with E-state index in [1.165, 1.54) is 12.5 Å². The Labute approximate surface area is 108 Å². The molecule has 0 saturated heterocycles. The maximum Gasteiger partial charge on any atom is 0.323 e. The van der Waals surface area contributed by atoms with Crippen LogP contribution in [-0.4, -0.2) is 51.0 Å². The topological polar surface area (TPSA) is 139 Å². The lowest BCUT2D eigenvalue weighted by Crippen LogP contribution is -2.46. The van der Waals surface area contributed by atoms with Crippen LogP contribution < -0.4 is 11.1 Å². The molecule has 0 bridgehead atoms. The molecule has 4 N–H and O–H groups in total. The van der Waals surface area contributed by atoms with E-state index < -0.39 is 31.0 Å². The third-order valence-corrected chi connectivity index (χ3v) is 2.02. The minimum absolute atomic E-state index is 0.0935. The molecule has 0 spiro atoms. The van der Waals surface area contributed by atoms with E-state index in [1.54, 1.807) is 6.07 Å². The van der Waals surface area contributed by atoms with Crippen molar-refractivity contribution in [3.05, 3.63) is 24.3 Å². The average Bonchev–Trinajstić information content (AvgIpc) is 2.35. The number of aromatic nitrogens is 2. The summed E-state index contributed by atoms with van der Waals surface area (Å²) in [6, 6.07) is 0.885. The molecule has 1 rings (SSSR count). The summed E-state index contributed by atoms with van der Waals surface area (Å²) in [6.07, 6.45) is 2.83. The Morgan fingerprint density at radius 2 is 2.11 bits per heavy atom. The van der Waals surface area contributed by atoms with Crippen LogP contribution in [0.1, 0.15) is 5.69 Å². The molecule has 1 aromatic rings. The molecule has 0 aliphatic rings. The first-order valence-electron chi connectivity index (χ1n) is 5.27. The largest absolute Gasteiger partial charge is 0.480 e. The second-order valence-electron chi connectivity index (χ2n) is 3.58. The Morgan fingerprint density at radius 1 is 1.37 bits per heavy atom. The molecule has 19 heavy (non-hydrogen) atoms. The lowest BCUT2D eigenvalue weighted by atomic mass is 10.4. The van der Waals surface area contributed by atoms with Crippen molar-refractivity contribution in [2.75, 3.05) is 13.1 Å². The number of amides is 3. The molecule has 3 amide bonds. The van der Waals surface area contributed by atoms with Gasteiger partial charge in [-0.1, -0.05) is 0 Å². The number of carboxylic acids is 1. The van der Waals surface area contributed by atoms with Gasteiger partial charge in [0.25, 0.3) is 0 Å². The molecule has 1 heterocycles. The predicted octanol–water partition coefficient (Wildman–Crippen LogP) is -1.44. The van der Waals surface area contributed by atoms with Crippen molar-refractivity contribution in [3.8, 4) is 0 Å². The van der Waals surface area contributed by atoms with Gasteiger partial charge in [0, 0.05) is 6.20 Å². The van der Waals surface area contributed by atoms with Crippen LogP contribution in [0.25, 0.3) is 0 Å². The summed E-state index contributed by atoms with van der Waals surface area (Å²) in [6.45, 7) is -0.989. The van der Waals surface area contributed by atoms with Crippen molar-refractivity contribution >= 4 is 17.9 Å². The minimum Gasteiger partial charge on any atom is -0.480 e. The summed E-state index contributed by atoms with van der Waals surface area (Å²) in [7, 11) is 0. The summed E-state index contributed by atoms with van der Waals surface area (Å²) >= 11 is 0. The van der Waals surface area contributed by atoms with Gasteiger partial charge in [0.1, 0.15) is 19.4 Å². The number of hydrogen-bond acceptors (Lipinski definition) is 5. The zero-order chi connectivity index (χ0) is 14.3. The molecule has 0 saturated carbocycles. The lowest BCUT2D eigenvalue weighted by molar-refractivity contribution is -0.137. The van der Waals surface area contributed by atoms with Crippen molar-refractivity contribution in [3.63, 3.8) is 0 Å². The Morgan fingerprint density at radius 3 is 2.63 bits per heavy atom. The van der Waals surface area contributed by atoms with Crippen LogP contribution in [0.15, 0.2) is 18.6 Å². The predicted molar refractivity (Wildman–Crippen MR) is 62.7 cm³/mol. The maximum absolute atomic E-state index is 11.7. The molecule has 0 aliphatic heterocycles. The number of nitrogens with zero attached hydrogens (tertiary/aromatic N) is 3. The van der Waals surface area contributed by atoms with Gasteiger partial charge in [-0.15, -0.1) is 0 Å². The van der Waals surface area contributed by atoms with Crippen LogP contribution in [0.5, 0.6) is 0 Å². The zero-order valence-electron chi connectivity index (χ0n) is 9.94. The standard InChI is InChI=1S/C10H13N5O4/c11-8(16)4-15(5-9(17)18)10(19)13-3-7-1-2-12-6-14-7/h1-2,6H,3-5H2,(H2,11,16)(H,13,19)(H,17,18). The van der Waals surface area contributed by atoms with Crippen molar-refractivity contribution in [1.82, 2.24) is 20.2 Å². The van der Waals surface area contributed by atoms with Crippen molar-refractivity contribution in [2.45, 2.75) is 6.54 Å². The van der Waals surface area contributed by atoms with Crippen LogP contribution >= 0.6 is 0 Å². The van der Waals surface area contributed by atoms with E-state index in [4.69, 9.17) is 10.8 Å². The fourth-order valence-electron chi connectivity index (χ4n) is 1.25. The van der Waals surface area contributed by atoms with Gasteiger partial charge in [-0.2, -0.15) is 0 Å². The highest BCUT2D eigenvalue weighted by atomic mass is 16.4. The summed E-state index contributed by atoms with van der Waals surface area (Å²) < 4.78 is 0. The van der Waals surface area contributed by atoms with Gasteiger partial charge in [-0.3, -0.25) is 9.59 Å². The minimum atomic E-state index is -1.24. The summed E-state index contributed by atoms with van der Waals surface area (Å²) in [5, 5.41) is 11.1. The smallest absolute Gasteiger partial charge is 0.323 e. The molecule has 0 aromatic carbocycles. The molecule has 0 aliphatic carbocycles. The molecule has 0 fully saturated rings. The van der Waals surface area contributed by atoms with Crippen LogP contribution in [0.2, 0.25) is 0 Å². The molecule has 102 valence electrons. The highest BCUT2D eigenvalue weighted by Gasteiger charge is 2.18. The van der Waals surface area contributed by atoms with Gasteiger partial charge >= 0.3 is 12.0 Å². The number of nitrogens with one attached hydrogen (secondary N) is 1. The highest BCUT2D eigenvalue weighted by molar-refractivity contribution is 5.85.